The van der Waals surface area contributed by atoms with Crippen LogP contribution < -0.4 is 11.1 Å². The van der Waals surface area contributed by atoms with Crippen LogP contribution in [0.1, 0.15) is 32.6 Å². The Kier molecular flexibility index (Phi) is 6.31. The molecule has 1 amide bonds. The fraction of sp³-hybridized carbons (Fsp3) is 0.889. The van der Waals surface area contributed by atoms with Crippen LogP contribution in [0.25, 0.3) is 0 Å². The Morgan fingerprint density at radius 2 is 2.00 bits per heavy atom. The largest absolute Gasteiger partial charge is 0.389 e. The number of halogens is 3. The van der Waals surface area contributed by atoms with Gasteiger partial charge in [0.15, 0.2) is 0 Å². The predicted molar refractivity (Wildman–Crippen MR) is 51.2 cm³/mol. The zero-order chi connectivity index (χ0) is 11.9. The van der Waals surface area contributed by atoms with Crippen molar-refractivity contribution < 1.29 is 18.0 Å². The van der Waals surface area contributed by atoms with Crippen LogP contribution in [0.5, 0.6) is 0 Å². The summed E-state index contributed by atoms with van der Waals surface area (Å²) in [5, 5.41) is 2.51. The summed E-state index contributed by atoms with van der Waals surface area (Å²) in [7, 11) is 0. The minimum atomic E-state index is -4.10. The molecule has 0 aromatic carbocycles. The molecule has 1 unspecified atom stereocenters. The van der Waals surface area contributed by atoms with Crippen LogP contribution in [0, 0.1) is 0 Å². The average molecular weight is 226 g/mol. The molecule has 3 nitrogen and oxygen atoms in total. The molecule has 0 aromatic rings. The summed E-state index contributed by atoms with van der Waals surface area (Å²) in [6.07, 6.45) is -4.31. The zero-order valence-corrected chi connectivity index (χ0v) is 8.73. The Bertz CT molecular complexity index is 192. The fourth-order valence-corrected chi connectivity index (χ4v) is 1.04. The Morgan fingerprint density at radius 1 is 1.40 bits per heavy atom. The van der Waals surface area contributed by atoms with E-state index in [2.05, 4.69) is 5.32 Å². The molecule has 0 saturated heterocycles. The number of unbranched alkanes of at least 4 members (excludes halogenated alkanes) is 1. The van der Waals surface area contributed by atoms with Gasteiger partial charge in [0.25, 0.3) is 0 Å². The lowest BCUT2D eigenvalue weighted by atomic mass is 10.2. The Labute approximate surface area is 87.2 Å². The van der Waals surface area contributed by atoms with Crippen LogP contribution in [0.3, 0.4) is 0 Å². The van der Waals surface area contributed by atoms with Crippen molar-refractivity contribution in [3.63, 3.8) is 0 Å². The summed E-state index contributed by atoms with van der Waals surface area (Å²) in [4.78, 5) is 11.0. The summed E-state index contributed by atoms with van der Waals surface area (Å²) >= 11 is 0. The second-order valence-electron chi connectivity index (χ2n) is 3.60. The van der Waals surface area contributed by atoms with E-state index in [0.717, 1.165) is 0 Å². The quantitative estimate of drug-likeness (QED) is 0.675. The Morgan fingerprint density at radius 3 is 2.47 bits per heavy atom. The molecule has 15 heavy (non-hydrogen) atoms. The highest BCUT2D eigenvalue weighted by Gasteiger charge is 2.25. The highest BCUT2D eigenvalue weighted by atomic mass is 19.4. The van der Waals surface area contributed by atoms with E-state index in [1.165, 1.54) is 0 Å². The third kappa shape index (κ3) is 11.1. The molecule has 1 atom stereocenters. The monoisotopic (exact) mass is 226 g/mol. The second-order valence-corrected chi connectivity index (χ2v) is 3.60. The number of alkyl halides is 3. The first-order chi connectivity index (χ1) is 6.81. The first-order valence-electron chi connectivity index (χ1n) is 4.90. The molecule has 0 aliphatic carbocycles. The van der Waals surface area contributed by atoms with Gasteiger partial charge < -0.3 is 11.1 Å². The van der Waals surface area contributed by atoms with Crippen LogP contribution >= 0.6 is 0 Å². The summed E-state index contributed by atoms with van der Waals surface area (Å²) in [6, 6.07) is -0.222. The van der Waals surface area contributed by atoms with E-state index in [-0.39, 0.29) is 31.3 Å². The SMILES string of the molecule is CC(N)CC(=O)NCCCCC(F)(F)F. The van der Waals surface area contributed by atoms with E-state index in [4.69, 9.17) is 5.73 Å². The molecule has 6 heteroatoms. The van der Waals surface area contributed by atoms with Crippen molar-refractivity contribution in [1.82, 2.24) is 5.32 Å². The number of hydrogen-bond acceptors (Lipinski definition) is 2. The highest BCUT2D eigenvalue weighted by Crippen LogP contribution is 2.21. The van der Waals surface area contributed by atoms with Crippen molar-refractivity contribution in [2.24, 2.45) is 5.73 Å². The normalized spacial score (nSPS) is 13.7. The number of nitrogens with one attached hydrogen (secondary N) is 1. The number of rotatable bonds is 6. The lowest BCUT2D eigenvalue weighted by Gasteiger charge is -2.08. The summed E-state index contributed by atoms with van der Waals surface area (Å²) in [5.41, 5.74) is 5.37. The zero-order valence-electron chi connectivity index (χ0n) is 8.73. The third-order valence-electron chi connectivity index (χ3n) is 1.72. The van der Waals surface area contributed by atoms with Crippen molar-refractivity contribution in [3.05, 3.63) is 0 Å². The van der Waals surface area contributed by atoms with Crippen LogP contribution in [0.4, 0.5) is 13.2 Å². The van der Waals surface area contributed by atoms with Gasteiger partial charge in [-0.3, -0.25) is 4.79 Å². The van der Waals surface area contributed by atoms with E-state index >= 15 is 0 Å². The van der Waals surface area contributed by atoms with Crippen LogP contribution in [-0.2, 0) is 4.79 Å². The third-order valence-corrected chi connectivity index (χ3v) is 1.72. The average Bonchev–Trinajstić information content (AvgIpc) is 1.99. The number of amides is 1. The molecule has 0 aliphatic heterocycles. The van der Waals surface area contributed by atoms with Gasteiger partial charge in [-0.05, 0) is 19.8 Å². The number of nitrogens with two attached hydrogens (primary N) is 1. The second kappa shape index (κ2) is 6.66. The molecule has 0 fully saturated rings. The van der Waals surface area contributed by atoms with Crippen molar-refractivity contribution in [1.29, 1.82) is 0 Å². The molecule has 3 N–H and O–H groups in total. The van der Waals surface area contributed by atoms with Crippen LogP contribution in [-0.4, -0.2) is 24.7 Å². The van der Waals surface area contributed by atoms with E-state index in [9.17, 15) is 18.0 Å². The molecule has 0 aliphatic rings. The molecule has 0 heterocycles. The molecule has 0 rings (SSSR count). The van der Waals surface area contributed by atoms with E-state index in [1.807, 2.05) is 0 Å². The van der Waals surface area contributed by atoms with Crippen LogP contribution in [0.15, 0.2) is 0 Å². The minimum Gasteiger partial charge on any atom is -0.356 e. The fourth-order valence-electron chi connectivity index (χ4n) is 1.04. The van der Waals surface area contributed by atoms with Crippen molar-refractivity contribution >= 4 is 5.91 Å². The van der Waals surface area contributed by atoms with E-state index in [0.29, 0.717) is 6.42 Å². The number of carbonyl (C=O) groups excluding carboxylic acids is 1. The van der Waals surface area contributed by atoms with Crippen molar-refractivity contribution in [3.8, 4) is 0 Å². The van der Waals surface area contributed by atoms with Gasteiger partial charge in [-0.1, -0.05) is 0 Å². The molecule has 0 aromatic heterocycles. The van der Waals surface area contributed by atoms with Gasteiger partial charge in [-0.25, -0.2) is 0 Å². The van der Waals surface area contributed by atoms with Gasteiger partial charge in [0.2, 0.25) is 5.91 Å². The maximum atomic E-state index is 11.7. The molecular formula is C9H17F3N2O. The van der Waals surface area contributed by atoms with E-state index in [1.54, 1.807) is 6.92 Å². The topological polar surface area (TPSA) is 55.1 Å². The Hall–Kier alpha value is -0.780. The van der Waals surface area contributed by atoms with Gasteiger partial charge in [0, 0.05) is 25.4 Å². The molecule has 0 spiro atoms. The first-order valence-corrected chi connectivity index (χ1v) is 4.90. The van der Waals surface area contributed by atoms with Crippen molar-refractivity contribution in [2.45, 2.75) is 44.8 Å². The maximum absolute atomic E-state index is 11.7. The number of carbonyl (C=O) groups is 1. The van der Waals surface area contributed by atoms with Gasteiger partial charge >= 0.3 is 6.18 Å². The standard InChI is InChI=1S/C9H17F3N2O/c1-7(13)6-8(15)14-5-3-2-4-9(10,11)12/h7H,2-6,13H2,1H3,(H,14,15). The molecule has 90 valence electrons. The summed E-state index contributed by atoms with van der Waals surface area (Å²) < 4.78 is 35.1. The lowest BCUT2D eigenvalue weighted by molar-refractivity contribution is -0.135. The molecule has 0 saturated carbocycles. The summed E-state index contributed by atoms with van der Waals surface area (Å²) in [5.74, 6) is -0.211. The van der Waals surface area contributed by atoms with Gasteiger partial charge in [-0.15, -0.1) is 0 Å². The first kappa shape index (κ1) is 14.2. The van der Waals surface area contributed by atoms with Gasteiger partial charge in [0.1, 0.15) is 0 Å². The maximum Gasteiger partial charge on any atom is 0.389 e. The smallest absolute Gasteiger partial charge is 0.356 e. The van der Waals surface area contributed by atoms with Crippen LogP contribution in [0.2, 0.25) is 0 Å². The molecular weight excluding hydrogens is 209 g/mol. The Balaban J connectivity index is 3.35. The molecule has 0 radical (unpaired) electrons. The molecule has 0 bridgehead atoms. The van der Waals surface area contributed by atoms with Crippen molar-refractivity contribution in [2.75, 3.05) is 6.54 Å². The summed E-state index contributed by atoms with van der Waals surface area (Å²) in [6.45, 7) is 1.98. The van der Waals surface area contributed by atoms with Gasteiger partial charge in [0.05, 0.1) is 0 Å². The predicted octanol–water partition coefficient (Wildman–Crippen LogP) is 1.57. The minimum absolute atomic E-state index is 0.0436. The number of hydrogen-bond donors (Lipinski definition) is 2. The lowest BCUT2D eigenvalue weighted by Crippen LogP contribution is -2.30. The van der Waals surface area contributed by atoms with E-state index < -0.39 is 12.6 Å². The van der Waals surface area contributed by atoms with Gasteiger partial charge in [-0.2, -0.15) is 13.2 Å². The highest BCUT2D eigenvalue weighted by molar-refractivity contribution is 5.76.